The van der Waals surface area contributed by atoms with Crippen LogP contribution in [0, 0.1) is 11.7 Å². The van der Waals surface area contributed by atoms with Gasteiger partial charge in [0.1, 0.15) is 5.82 Å². The maximum Gasteiger partial charge on any atom is 0.322 e. The van der Waals surface area contributed by atoms with Crippen LogP contribution < -0.4 is 15.5 Å². The zero-order valence-electron chi connectivity index (χ0n) is 24.3. The van der Waals surface area contributed by atoms with Gasteiger partial charge in [-0.05, 0) is 48.6 Å². The Bertz CT molecular complexity index is 1580. The van der Waals surface area contributed by atoms with Crippen LogP contribution in [0.1, 0.15) is 43.4 Å². The van der Waals surface area contributed by atoms with E-state index in [1.165, 1.54) is 12.1 Å². The van der Waals surface area contributed by atoms with Crippen molar-refractivity contribution in [1.29, 1.82) is 0 Å². The molecule has 3 aromatic rings. The monoisotopic (exact) mass is 582 g/mol. The number of carbonyl (C=O) groups excluding carboxylic acids is 3. The Hall–Kier alpha value is -4.73. The summed E-state index contributed by atoms with van der Waals surface area (Å²) < 4.78 is 14.3. The van der Waals surface area contributed by atoms with Gasteiger partial charge in [-0.2, -0.15) is 0 Å². The van der Waals surface area contributed by atoms with E-state index in [4.69, 9.17) is 4.99 Å². The van der Waals surface area contributed by atoms with E-state index in [1.807, 2.05) is 67.3 Å². The van der Waals surface area contributed by atoms with Crippen LogP contribution in [0.4, 0.5) is 25.4 Å². The number of likely N-dealkylation sites (tertiary alicyclic amines) is 1. The molecule has 9 nitrogen and oxygen atoms in total. The topological polar surface area (TPSA) is 97.4 Å². The van der Waals surface area contributed by atoms with Crippen molar-refractivity contribution in [2.24, 2.45) is 10.9 Å². The lowest BCUT2D eigenvalue weighted by molar-refractivity contribution is -0.120. The van der Waals surface area contributed by atoms with E-state index < -0.39 is 18.0 Å². The van der Waals surface area contributed by atoms with Crippen LogP contribution >= 0.6 is 0 Å². The fourth-order valence-corrected chi connectivity index (χ4v) is 6.05. The summed E-state index contributed by atoms with van der Waals surface area (Å²) in [6.07, 6.45) is 0.0355. The van der Waals surface area contributed by atoms with Crippen molar-refractivity contribution < 1.29 is 18.8 Å². The second-order valence-electron chi connectivity index (χ2n) is 11.6. The number of amides is 5. The van der Waals surface area contributed by atoms with Gasteiger partial charge >= 0.3 is 12.1 Å². The molecule has 1 fully saturated rings. The summed E-state index contributed by atoms with van der Waals surface area (Å²) in [5, 5.41) is 5.83. The molecule has 0 saturated carbocycles. The summed E-state index contributed by atoms with van der Waals surface area (Å²) >= 11 is 0. The predicted octanol–water partition coefficient (Wildman–Crippen LogP) is 5.21. The molecule has 3 aliphatic rings. The second kappa shape index (κ2) is 11.9. The van der Waals surface area contributed by atoms with Gasteiger partial charge in [-0.15, -0.1) is 0 Å². The van der Waals surface area contributed by atoms with Crippen LogP contribution in [0.25, 0.3) is 0 Å². The molecule has 3 heterocycles. The summed E-state index contributed by atoms with van der Waals surface area (Å²) in [7, 11) is 0. The van der Waals surface area contributed by atoms with Crippen molar-refractivity contribution in [1.82, 2.24) is 15.1 Å². The molecule has 1 saturated heterocycles. The van der Waals surface area contributed by atoms with E-state index in [1.54, 1.807) is 21.9 Å². The van der Waals surface area contributed by atoms with Gasteiger partial charge in [0.05, 0.1) is 11.4 Å². The number of para-hydroxylation sites is 2. The van der Waals surface area contributed by atoms with Crippen molar-refractivity contribution in [3.8, 4) is 0 Å². The van der Waals surface area contributed by atoms with E-state index in [0.717, 1.165) is 11.3 Å². The maximum absolute atomic E-state index is 14.3. The number of nitrogens with one attached hydrogen (secondary N) is 2. The lowest BCUT2D eigenvalue weighted by atomic mass is 10.00. The Morgan fingerprint density at radius 1 is 1.02 bits per heavy atom. The smallest absolute Gasteiger partial charge is 0.322 e. The molecule has 2 N–H and O–H groups in total. The molecule has 10 heteroatoms. The Balaban J connectivity index is 1.21. The highest BCUT2D eigenvalue weighted by Crippen LogP contribution is 2.30. The molecule has 1 atom stereocenters. The third kappa shape index (κ3) is 5.82. The molecule has 1 unspecified atom stereocenters. The van der Waals surface area contributed by atoms with Crippen LogP contribution in [0.5, 0.6) is 0 Å². The zero-order chi connectivity index (χ0) is 30.1. The van der Waals surface area contributed by atoms with Crippen LogP contribution in [0.3, 0.4) is 0 Å². The number of benzodiazepines with no additional fused rings is 1. The lowest BCUT2D eigenvalue weighted by Crippen LogP contribution is -2.55. The van der Waals surface area contributed by atoms with Gasteiger partial charge in [0.2, 0.25) is 6.17 Å². The number of carbonyl (C=O) groups is 3. The van der Waals surface area contributed by atoms with E-state index in [9.17, 15) is 18.8 Å². The Morgan fingerprint density at radius 3 is 2.53 bits per heavy atom. The van der Waals surface area contributed by atoms with E-state index in [-0.39, 0.29) is 23.9 Å². The summed E-state index contributed by atoms with van der Waals surface area (Å²) in [4.78, 5) is 50.3. The first-order valence-electron chi connectivity index (χ1n) is 14.7. The fraction of sp³-hybridized carbons (Fsp3) is 0.333. The number of benzene rings is 3. The molecule has 5 amide bonds. The number of hydrogen-bond donors (Lipinski definition) is 2. The molecule has 3 aromatic carbocycles. The van der Waals surface area contributed by atoms with Gasteiger partial charge < -0.3 is 25.3 Å². The molecule has 0 aromatic heterocycles. The SMILES string of the molecule is CC(C)CN1C(=O)C(NC(=O)N2CCC(N3Cc4ccccc4NC3=O)CC2)N=C(c2cccc(F)c2)c2ccccc21. The highest BCUT2D eigenvalue weighted by Gasteiger charge is 2.36. The second-order valence-corrected chi connectivity index (χ2v) is 11.6. The van der Waals surface area contributed by atoms with Crippen LogP contribution in [-0.4, -0.2) is 65.3 Å². The summed E-state index contributed by atoms with van der Waals surface area (Å²) in [5.74, 6) is -0.608. The molecular weight excluding hydrogens is 547 g/mol. The van der Waals surface area contributed by atoms with Crippen molar-refractivity contribution in [3.05, 3.63) is 95.3 Å². The molecule has 6 rings (SSSR count). The van der Waals surface area contributed by atoms with Gasteiger partial charge in [-0.3, -0.25) is 4.79 Å². The molecule has 0 spiro atoms. The summed E-state index contributed by atoms with van der Waals surface area (Å²) in [5.41, 5.74) is 4.22. The van der Waals surface area contributed by atoms with Gasteiger partial charge in [0, 0.05) is 49.0 Å². The quantitative estimate of drug-likeness (QED) is 0.432. The zero-order valence-corrected chi connectivity index (χ0v) is 24.3. The van der Waals surface area contributed by atoms with Crippen LogP contribution in [0.2, 0.25) is 0 Å². The first-order valence-corrected chi connectivity index (χ1v) is 14.7. The molecular formula is C33H35FN6O3. The van der Waals surface area contributed by atoms with Crippen LogP contribution in [-0.2, 0) is 11.3 Å². The number of aliphatic imine (C=N–C) groups is 1. The third-order valence-electron chi connectivity index (χ3n) is 8.17. The minimum atomic E-state index is -1.20. The molecule has 0 aliphatic carbocycles. The predicted molar refractivity (Wildman–Crippen MR) is 164 cm³/mol. The minimum Gasteiger partial charge on any atom is -0.325 e. The molecule has 222 valence electrons. The average molecular weight is 583 g/mol. The van der Waals surface area contributed by atoms with E-state index in [0.29, 0.717) is 61.5 Å². The maximum atomic E-state index is 14.3. The Kier molecular flexibility index (Phi) is 7.84. The number of piperidine rings is 1. The van der Waals surface area contributed by atoms with Crippen LogP contribution in [0.15, 0.2) is 77.8 Å². The number of nitrogens with zero attached hydrogens (tertiary/aromatic N) is 4. The average Bonchev–Trinajstić information content (AvgIpc) is 3.11. The number of fused-ring (bicyclic) bond motifs is 2. The van der Waals surface area contributed by atoms with Gasteiger partial charge in [-0.1, -0.05) is 62.4 Å². The standard InChI is InChI=1S/C33H35FN6O3/c1-21(2)19-40-28-13-6-4-11-26(28)29(22-9-7-10-24(34)18-22)36-30(31(40)41)37-32(42)38-16-14-25(15-17-38)39-20-23-8-3-5-12-27(23)35-33(39)43/h3-13,18,21,25,30H,14-17,19-20H2,1-2H3,(H,35,43)(H,37,42). The first kappa shape index (κ1) is 28.4. The number of urea groups is 2. The summed E-state index contributed by atoms with van der Waals surface area (Å²) in [6.45, 7) is 5.86. The Morgan fingerprint density at radius 2 is 1.77 bits per heavy atom. The van der Waals surface area contributed by atoms with Gasteiger partial charge in [-0.25, -0.2) is 19.0 Å². The fourth-order valence-electron chi connectivity index (χ4n) is 6.05. The number of hydrogen-bond acceptors (Lipinski definition) is 4. The Labute approximate surface area is 250 Å². The molecule has 3 aliphatic heterocycles. The summed E-state index contributed by atoms with van der Waals surface area (Å²) in [6, 6.07) is 20.8. The van der Waals surface area contributed by atoms with Crippen molar-refractivity contribution >= 4 is 35.1 Å². The normalized spacial score (nSPS) is 18.9. The van der Waals surface area contributed by atoms with Crippen molar-refractivity contribution in [2.45, 2.75) is 45.4 Å². The number of halogens is 1. The largest absolute Gasteiger partial charge is 0.325 e. The van der Waals surface area contributed by atoms with Crippen molar-refractivity contribution in [3.63, 3.8) is 0 Å². The molecule has 43 heavy (non-hydrogen) atoms. The van der Waals surface area contributed by atoms with Gasteiger partial charge in [0.25, 0.3) is 5.91 Å². The van der Waals surface area contributed by atoms with E-state index in [2.05, 4.69) is 10.6 Å². The lowest BCUT2D eigenvalue weighted by Gasteiger charge is -2.40. The highest BCUT2D eigenvalue weighted by molar-refractivity contribution is 6.20. The molecule has 0 bridgehead atoms. The number of anilines is 2. The molecule has 0 radical (unpaired) electrons. The first-order chi connectivity index (χ1) is 20.8. The third-order valence-corrected chi connectivity index (χ3v) is 8.17. The van der Waals surface area contributed by atoms with Crippen molar-refractivity contribution in [2.75, 3.05) is 29.9 Å². The number of rotatable bonds is 5. The highest BCUT2D eigenvalue weighted by atomic mass is 19.1. The minimum absolute atomic E-state index is 0.00875. The van der Waals surface area contributed by atoms with E-state index >= 15 is 0 Å². The van der Waals surface area contributed by atoms with Gasteiger partial charge in [0.15, 0.2) is 0 Å².